The summed E-state index contributed by atoms with van der Waals surface area (Å²) in [4.78, 5) is 22.5. The number of carbonyl (C=O) groups is 2. The van der Waals surface area contributed by atoms with Crippen LogP contribution in [0.3, 0.4) is 0 Å². The second-order valence-electron chi connectivity index (χ2n) is 4.31. The van der Waals surface area contributed by atoms with Gasteiger partial charge in [-0.3, -0.25) is 0 Å². The van der Waals surface area contributed by atoms with Crippen LogP contribution in [0.2, 0.25) is 0 Å². The van der Waals surface area contributed by atoms with Crippen molar-refractivity contribution in [3.05, 3.63) is 35.9 Å². The molecular formula is C13H18N2O4. The molecule has 2 amide bonds. The molecule has 1 rings (SSSR count). The third-order valence-electron chi connectivity index (χ3n) is 2.68. The van der Waals surface area contributed by atoms with Crippen LogP contribution >= 0.6 is 0 Å². The summed E-state index contributed by atoms with van der Waals surface area (Å²) in [7, 11) is 0. The van der Waals surface area contributed by atoms with Gasteiger partial charge >= 0.3 is 12.0 Å². The molecule has 0 bridgehead atoms. The number of rotatable bonds is 5. The van der Waals surface area contributed by atoms with Crippen molar-refractivity contribution in [2.75, 3.05) is 0 Å². The predicted molar refractivity (Wildman–Crippen MR) is 69.6 cm³/mol. The van der Waals surface area contributed by atoms with Crippen molar-refractivity contribution >= 4 is 12.0 Å². The Kier molecular flexibility index (Phi) is 5.32. The van der Waals surface area contributed by atoms with Gasteiger partial charge in [-0.15, -0.1) is 0 Å². The third kappa shape index (κ3) is 4.59. The summed E-state index contributed by atoms with van der Waals surface area (Å²) in [6, 6.07) is 7.05. The average Bonchev–Trinajstić information content (AvgIpc) is 2.36. The first kappa shape index (κ1) is 15.0. The molecule has 0 aliphatic rings. The molecule has 0 aliphatic heterocycles. The Labute approximate surface area is 111 Å². The van der Waals surface area contributed by atoms with Gasteiger partial charge in [-0.05, 0) is 19.4 Å². The Morgan fingerprint density at radius 1 is 1.11 bits per heavy atom. The summed E-state index contributed by atoms with van der Waals surface area (Å²) in [6.45, 7) is 3.09. The van der Waals surface area contributed by atoms with E-state index in [-0.39, 0.29) is 6.04 Å². The van der Waals surface area contributed by atoms with Gasteiger partial charge in [-0.2, -0.15) is 0 Å². The molecule has 4 N–H and O–H groups in total. The van der Waals surface area contributed by atoms with Crippen LogP contribution in [-0.4, -0.2) is 34.4 Å². The third-order valence-corrected chi connectivity index (χ3v) is 2.68. The van der Waals surface area contributed by atoms with E-state index >= 15 is 0 Å². The Balaban J connectivity index is 2.58. The van der Waals surface area contributed by atoms with Gasteiger partial charge in [-0.1, -0.05) is 30.3 Å². The molecule has 1 aromatic rings. The van der Waals surface area contributed by atoms with Gasteiger partial charge in [0.2, 0.25) is 0 Å². The van der Waals surface area contributed by atoms with Gasteiger partial charge in [0.25, 0.3) is 0 Å². The molecule has 0 spiro atoms. The molecule has 6 nitrogen and oxygen atoms in total. The molecular weight excluding hydrogens is 248 g/mol. The van der Waals surface area contributed by atoms with E-state index in [0.29, 0.717) is 0 Å². The summed E-state index contributed by atoms with van der Waals surface area (Å²) >= 11 is 0. The number of urea groups is 1. The van der Waals surface area contributed by atoms with E-state index in [1.54, 1.807) is 6.92 Å². The van der Waals surface area contributed by atoms with E-state index in [1.165, 1.54) is 6.92 Å². The number of aliphatic hydroxyl groups is 1. The van der Waals surface area contributed by atoms with Gasteiger partial charge in [0.1, 0.15) is 0 Å². The maximum atomic E-state index is 11.6. The molecule has 3 unspecified atom stereocenters. The fourth-order valence-corrected chi connectivity index (χ4v) is 1.59. The van der Waals surface area contributed by atoms with E-state index in [1.807, 2.05) is 30.3 Å². The smallest absolute Gasteiger partial charge is 0.328 e. The zero-order valence-electron chi connectivity index (χ0n) is 10.8. The summed E-state index contributed by atoms with van der Waals surface area (Å²) in [5.74, 6) is -1.28. The monoisotopic (exact) mass is 266 g/mol. The molecule has 1 aromatic carbocycles. The zero-order valence-corrected chi connectivity index (χ0v) is 10.8. The van der Waals surface area contributed by atoms with Crippen molar-refractivity contribution in [2.24, 2.45) is 0 Å². The number of hydrogen-bond acceptors (Lipinski definition) is 3. The standard InChI is InChI=1S/C13H18N2O4/c1-8(10-6-4-3-5-7-10)14-13(19)15-11(9(2)16)12(17)18/h3-9,11,16H,1-2H3,(H,17,18)(H2,14,15,19). The van der Waals surface area contributed by atoms with Crippen LogP contribution in [0.15, 0.2) is 30.3 Å². The van der Waals surface area contributed by atoms with Crippen LogP contribution in [-0.2, 0) is 4.79 Å². The number of hydrogen-bond donors (Lipinski definition) is 4. The first-order valence-electron chi connectivity index (χ1n) is 5.94. The number of carboxylic acid groups (broad SMARTS) is 1. The number of carboxylic acids is 1. The maximum Gasteiger partial charge on any atom is 0.328 e. The van der Waals surface area contributed by atoms with Gasteiger partial charge in [-0.25, -0.2) is 9.59 Å². The zero-order chi connectivity index (χ0) is 14.4. The predicted octanol–water partition coefficient (Wildman–Crippen LogP) is 0.881. The van der Waals surface area contributed by atoms with Crippen LogP contribution in [0, 0.1) is 0 Å². The summed E-state index contributed by atoms with van der Waals surface area (Å²) in [6.07, 6.45) is -1.17. The molecule has 19 heavy (non-hydrogen) atoms. The van der Waals surface area contributed by atoms with Crippen LogP contribution in [0.4, 0.5) is 4.79 Å². The number of aliphatic carboxylic acids is 1. The quantitative estimate of drug-likeness (QED) is 0.636. The summed E-state index contributed by atoms with van der Waals surface area (Å²) in [5.41, 5.74) is 0.904. The minimum atomic E-state index is -1.33. The minimum Gasteiger partial charge on any atom is -0.480 e. The Morgan fingerprint density at radius 2 is 1.68 bits per heavy atom. The first-order chi connectivity index (χ1) is 8.91. The average molecular weight is 266 g/mol. The molecule has 0 aromatic heterocycles. The number of carbonyl (C=O) groups excluding carboxylic acids is 1. The largest absolute Gasteiger partial charge is 0.480 e. The molecule has 6 heteroatoms. The van der Waals surface area contributed by atoms with Gasteiger partial charge in [0.15, 0.2) is 6.04 Å². The number of nitrogens with one attached hydrogen (secondary N) is 2. The summed E-state index contributed by atoms with van der Waals surface area (Å²) < 4.78 is 0. The van der Waals surface area contributed by atoms with Gasteiger partial charge < -0.3 is 20.8 Å². The van der Waals surface area contributed by atoms with E-state index in [0.717, 1.165) is 5.56 Å². The second kappa shape index (κ2) is 6.75. The fraction of sp³-hybridized carbons (Fsp3) is 0.385. The van der Waals surface area contributed by atoms with Crippen molar-refractivity contribution in [1.82, 2.24) is 10.6 Å². The van der Waals surface area contributed by atoms with Gasteiger partial charge in [0, 0.05) is 0 Å². The Bertz CT molecular complexity index is 434. The van der Waals surface area contributed by atoms with E-state index < -0.39 is 24.1 Å². The fourth-order valence-electron chi connectivity index (χ4n) is 1.59. The Morgan fingerprint density at radius 3 is 2.16 bits per heavy atom. The molecule has 3 atom stereocenters. The van der Waals surface area contributed by atoms with Crippen molar-refractivity contribution in [3.63, 3.8) is 0 Å². The molecule has 104 valence electrons. The van der Waals surface area contributed by atoms with Crippen LogP contribution < -0.4 is 10.6 Å². The highest BCUT2D eigenvalue weighted by molar-refractivity contribution is 5.83. The SMILES string of the molecule is CC(NC(=O)NC(C(=O)O)C(C)O)c1ccccc1. The molecule has 0 fully saturated rings. The molecule has 0 aliphatic carbocycles. The van der Waals surface area contributed by atoms with Gasteiger partial charge in [0.05, 0.1) is 12.1 Å². The number of amides is 2. The maximum absolute atomic E-state index is 11.6. The van der Waals surface area contributed by atoms with E-state index in [4.69, 9.17) is 5.11 Å². The first-order valence-corrected chi connectivity index (χ1v) is 5.94. The highest BCUT2D eigenvalue weighted by Gasteiger charge is 2.25. The highest BCUT2D eigenvalue weighted by Crippen LogP contribution is 2.10. The second-order valence-corrected chi connectivity index (χ2v) is 4.31. The van der Waals surface area contributed by atoms with Crippen LogP contribution in [0.5, 0.6) is 0 Å². The lowest BCUT2D eigenvalue weighted by Gasteiger charge is -2.20. The normalized spacial score (nSPS) is 15.1. The van der Waals surface area contributed by atoms with Crippen molar-refractivity contribution < 1.29 is 19.8 Å². The van der Waals surface area contributed by atoms with Crippen molar-refractivity contribution in [2.45, 2.75) is 32.0 Å². The van der Waals surface area contributed by atoms with Crippen LogP contribution in [0.25, 0.3) is 0 Å². The number of aliphatic hydroxyl groups excluding tert-OH is 1. The lowest BCUT2D eigenvalue weighted by Crippen LogP contribution is -2.51. The molecule has 0 saturated carbocycles. The van der Waals surface area contributed by atoms with E-state index in [2.05, 4.69) is 10.6 Å². The Hall–Kier alpha value is -2.08. The lowest BCUT2D eigenvalue weighted by atomic mass is 10.1. The molecule has 0 saturated heterocycles. The van der Waals surface area contributed by atoms with Crippen molar-refractivity contribution in [3.8, 4) is 0 Å². The summed E-state index contributed by atoms with van der Waals surface area (Å²) in [5, 5.41) is 22.9. The van der Waals surface area contributed by atoms with Crippen LogP contribution in [0.1, 0.15) is 25.5 Å². The highest BCUT2D eigenvalue weighted by atomic mass is 16.4. The number of benzene rings is 1. The lowest BCUT2D eigenvalue weighted by molar-refractivity contribution is -0.141. The van der Waals surface area contributed by atoms with E-state index in [9.17, 15) is 14.7 Å². The molecule has 0 radical (unpaired) electrons. The van der Waals surface area contributed by atoms with Crippen molar-refractivity contribution in [1.29, 1.82) is 0 Å². The molecule has 0 heterocycles. The minimum absolute atomic E-state index is 0.260. The topological polar surface area (TPSA) is 98.7 Å².